The molecule has 0 aromatic heterocycles. The number of halogens is 4. The molecule has 2 aliphatic heterocycles. The zero-order valence-corrected chi connectivity index (χ0v) is 24.8. The number of nitrogens with one attached hydrogen (secondary N) is 3. The molecule has 7 nitrogen and oxygen atoms in total. The molecule has 1 fully saturated rings. The standard InChI is InChI=1S/C31H28Cl2F2N4O3/c1-30(2,3)13-22-31(17-9-10-19(33)25(35)26(17)39-29(31)41)23(16-6-5-7-18(32)24(16)34)27(38-22)28(40)37-20-11-8-15(14-36)12-21(20)42-4/h5-12,22-23,27,38H,13H2,1-4H3,(H,37,40)(H,39,41). The van der Waals surface area contributed by atoms with Crippen molar-refractivity contribution in [3.05, 3.63) is 86.9 Å². The molecule has 1 spiro atoms. The quantitative estimate of drug-likeness (QED) is 0.303. The second-order valence-electron chi connectivity index (χ2n) is 11.7. The molecule has 0 bridgehead atoms. The van der Waals surface area contributed by atoms with E-state index >= 15 is 8.78 Å². The van der Waals surface area contributed by atoms with Crippen LogP contribution in [0.2, 0.25) is 10.0 Å². The first-order valence-electron chi connectivity index (χ1n) is 13.2. The lowest BCUT2D eigenvalue weighted by Crippen LogP contribution is -2.49. The number of ether oxygens (including phenoxy) is 1. The number of hydrogen-bond donors (Lipinski definition) is 3. The van der Waals surface area contributed by atoms with Gasteiger partial charge in [0.25, 0.3) is 0 Å². The number of nitrogens with zero attached hydrogens (tertiary/aromatic N) is 1. The van der Waals surface area contributed by atoms with E-state index in [2.05, 4.69) is 16.0 Å². The predicted molar refractivity (Wildman–Crippen MR) is 157 cm³/mol. The summed E-state index contributed by atoms with van der Waals surface area (Å²) in [6.07, 6.45) is 0.368. The van der Waals surface area contributed by atoms with Crippen LogP contribution in [0.4, 0.5) is 20.2 Å². The van der Waals surface area contributed by atoms with Gasteiger partial charge in [-0.1, -0.05) is 62.2 Å². The van der Waals surface area contributed by atoms with Crippen LogP contribution in [0.1, 0.15) is 49.8 Å². The van der Waals surface area contributed by atoms with Gasteiger partial charge in [-0.25, -0.2) is 8.78 Å². The molecule has 2 aliphatic rings. The normalized spacial score (nSPS) is 22.9. The van der Waals surface area contributed by atoms with E-state index in [0.29, 0.717) is 12.0 Å². The lowest BCUT2D eigenvalue weighted by Gasteiger charge is -2.37. The van der Waals surface area contributed by atoms with E-state index in [1.807, 2.05) is 26.8 Å². The van der Waals surface area contributed by atoms with Crippen molar-refractivity contribution >= 4 is 46.4 Å². The fourth-order valence-electron chi connectivity index (χ4n) is 6.25. The maximum Gasteiger partial charge on any atom is 0.242 e. The number of amides is 2. The van der Waals surface area contributed by atoms with Gasteiger partial charge >= 0.3 is 0 Å². The number of anilines is 2. The Labute approximate surface area is 252 Å². The Hall–Kier alpha value is -3.71. The number of hydrogen-bond acceptors (Lipinski definition) is 5. The maximum atomic E-state index is 15.9. The largest absolute Gasteiger partial charge is 0.495 e. The summed E-state index contributed by atoms with van der Waals surface area (Å²) in [6.45, 7) is 5.92. The van der Waals surface area contributed by atoms with Crippen molar-refractivity contribution in [1.82, 2.24) is 5.32 Å². The summed E-state index contributed by atoms with van der Waals surface area (Å²) in [4.78, 5) is 28.3. The molecule has 42 heavy (non-hydrogen) atoms. The van der Waals surface area contributed by atoms with Crippen LogP contribution in [0.15, 0.2) is 48.5 Å². The van der Waals surface area contributed by atoms with Crippen LogP contribution in [-0.4, -0.2) is 31.0 Å². The number of rotatable bonds is 5. The first-order valence-corrected chi connectivity index (χ1v) is 14.0. The molecule has 11 heteroatoms. The van der Waals surface area contributed by atoms with Crippen LogP contribution in [-0.2, 0) is 15.0 Å². The highest BCUT2D eigenvalue weighted by Crippen LogP contribution is 2.57. The van der Waals surface area contributed by atoms with Crippen LogP contribution in [0, 0.1) is 28.4 Å². The average Bonchev–Trinajstić information content (AvgIpc) is 3.42. The van der Waals surface area contributed by atoms with E-state index in [4.69, 9.17) is 27.9 Å². The summed E-state index contributed by atoms with van der Waals surface area (Å²) in [5, 5.41) is 17.7. The van der Waals surface area contributed by atoms with Gasteiger partial charge in [-0.3, -0.25) is 9.59 Å². The first kappa shape index (κ1) is 29.8. The maximum absolute atomic E-state index is 15.9. The molecule has 0 radical (unpaired) electrons. The molecule has 0 saturated carbocycles. The second kappa shape index (κ2) is 10.8. The molecule has 3 aromatic carbocycles. The van der Waals surface area contributed by atoms with Crippen molar-refractivity contribution in [1.29, 1.82) is 5.26 Å². The van der Waals surface area contributed by atoms with Gasteiger partial charge in [-0.15, -0.1) is 0 Å². The summed E-state index contributed by atoms with van der Waals surface area (Å²) in [5.74, 6) is -3.69. The second-order valence-corrected chi connectivity index (χ2v) is 12.5. The highest BCUT2D eigenvalue weighted by Gasteiger charge is 2.66. The molecule has 5 rings (SSSR count). The van der Waals surface area contributed by atoms with Crippen molar-refractivity contribution in [2.24, 2.45) is 5.41 Å². The number of methoxy groups -OCH3 is 1. The number of benzene rings is 3. The summed E-state index contributed by atoms with van der Waals surface area (Å²) in [6, 6.07) is 11.9. The van der Waals surface area contributed by atoms with E-state index < -0.39 is 46.9 Å². The number of carbonyl (C=O) groups is 2. The van der Waals surface area contributed by atoms with E-state index in [9.17, 15) is 14.9 Å². The third kappa shape index (κ3) is 4.77. The molecule has 3 aromatic rings. The van der Waals surface area contributed by atoms with Crippen molar-refractivity contribution in [2.75, 3.05) is 17.7 Å². The van der Waals surface area contributed by atoms with Crippen molar-refractivity contribution in [2.45, 2.75) is 50.6 Å². The monoisotopic (exact) mass is 612 g/mol. The minimum atomic E-state index is -1.61. The Morgan fingerprint density at radius 3 is 2.50 bits per heavy atom. The molecule has 218 valence electrons. The Kier molecular flexibility index (Phi) is 7.69. The van der Waals surface area contributed by atoms with Gasteiger partial charge in [0, 0.05) is 18.0 Å². The van der Waals surface area contributed by atoms with Crippen molar-refractivity contribution in [3.63, 3.8) is 0 Å². The Morgan fingerprint density at radius 1 is 1.12 bits per heavy atom. The molecule has 2 heterocycles. The predicted octanol–water partition coefficient (Wildman–Crippen LogP) is 6.54. The Morgan fingerprint density at radius 2 is 1.83 bits per heavy atom. The van der Waals surface area contributed by atoms with Crippen LogP contribution < -0.4 is 20.7 Å². The van der Waals surface area contributed by atoms with Gasteiger partial charge in [0.15, 0.2) is 5.82 Å². The molecular weight excluding hydrogens is 585 g/mol. The SMILES string of the molecule is COc1cc(C#N)ccc1NC(=O)C1NC(CC(C)(C)C)C2(C(=O)Nc3c2ccc(Cl)c3F)C1c1cccc(Cl)c1F. The van der Waals surface area contributed by atoms with Crippen molar-refractivity contribution in [3.8, 4) is 11.8 Å². The summed E-state index contributed by atoms with van der Waals surface area (Å²) < 4.78 is 36.6. The molecule has 4 atom stereocenters. The Bertz CT molecular complexity index is 1650. The van der Waals surface area contributed by atoms with Crippen LogP contribution in [0.5, 0.6) is 5.75 Å². The average molecular weight is 613 g/mol. The van der Waals surface area contributed by atoms with E-state index in [1.54, 1.807) is 12.1 Å². The van der Waals surface area contributed by atoms with Gasteiger partial charge < -0.3 is 20.7 Å². The van der Waals surface area contributed by atoms with Gasteiger partial charge in [-0.2, -0.15) is 5.26 Å². The Balaban J connectivity index is 1.74. The topological polar surface area (TPSA) is 103 Å². The summed E-state index contributed by atoms with van der Waals surface area (Å²) >= 11 is 12.3. The third-order valence-electron chi connectivity index (χ3n) is 7.91. The lowest BCUT2D eigenvalue weighted by atomic mass is 9.62. The minimum absolute atomic E-state index is 0.0247. The molecular formula is C31H28Cl2F2N4O3. The van der Waals surface area contributed by atoms with Crippen molar-refractivity contribution < 1.29 is 23.1 Å². The van der Waals surface area contributed by atoms with E-state index in [1.165, 1.54) is 43.5 Å². The lowest BCUT2D eigenvalue weighted by molar-refractivity contribution is -0.122. The fourth-order valence-corrected chi connectivity index (χ4v) is 6.59. The van der Waals surface area contributed by atoms with E-state index in [0.717, 1.165) is 0 Å². The van der Waals surface area contributed by atoms with Gasteiger partial charge in [0.2, 0.25) is 11.8 Å². The van der Waals surface area contributed by atoms with Gasteiger partial charge in [0.1, 0.15) is 17.0 Å². The molecule has 4 unspecified atom stereocenters. The van der Waals surface area contributed by atoms with Crippen LogP contribution in [0.25, 0.3) is 0 Å². The summed E-state index contributed by atoms with van der Waals surface area (Å²) in [7, 11) is 1.40. The fraction of sp³-hybridized carbons (Fsp3) is 0.323. The molecule has 1 saturated heterocycles. The molecule has 0 aliphatic carbocycles. The highest BCUT2D eigenvalue weighted by molar-refractivity contribution is 6.31. The number of nitriles is 1. The van der Waals surface area contributed by atoms with Crippen LogP contribution >= 0.6 is 23.2 Å². The zero-order valence-electron chi connectivity index (χ0n) is 23.2. The molecule has 3 N–H and O–H groups in total. The smallest absolute Gasteiger partial charge is 0.242 e. The van der Waals surface area contributed by atoms with Gasteiger partial charge in [-0.05, 0) is 47.2 Å². The van der Waals surface area contributed by atoms with E-state index in [-0.39, 0.29) is 43.7 Å². The van der Waals surface area contributed by atoms with Gasteiger partial charge in [0.05, 0.1) is 46.2 Å². The highest BCUT2D eigenvalue weighted by atomic mass is 35.5. The minimum Gasteiger partial charge on any atom is -0.495 e. The molecule has 2 amide bonds. The zero-order chi connectivity index (χ0) is 30.6. The third-order valence-corrected chi connectivity index (χ3v) is 8.50. The van der Waals surface area contributed by atoms with Crippen LogP contribution in [0.3, 0.4) is 0 Å². The first-order chi connectivity index (χ1) is 19.8. The number of fused-ring (bicyclic) bond motifs is 2. The summed E-state index contributed by atoms with van der Waals surface area (Å²) in [5.41, 5.74) is -1.18. The number of carbonyl (C=O) groups excluding carboxylic acids is 2.